The molecule has 1 aliphatic carbocycles. The largest absolute Gasteiger partial charge is 0.466 e. The van der Waals surface area contributed by atoms with Gasteiger partial charge in [0, 0.05) is 19.4 Å². The van der Waals surface area contributed by atoms with Gasteiger partial charge in [0.15, 0.2) is 0 Å². The Hall–Kier alpha value is -1.57. The number of nitrogens with one attached hydrogen (secondary N) is 2. The van der Waals surface area contributed by atoms with Gasteiger partial charge in [-0.15, -0.1) is 5.10 Å². The highest BCUT2D eigenvalue weighted by Gasteiger charge is 2.15. The number of nitrogens with zero attached hydrogens (tertiary/aromatic N) is 2. The zero-order valence-electron chi connectivity index (χ0n) is 14.9. The van der Waals surface area contributed by atoms with Crippen LogP contribution in [0.2, 0.25) is 0 Å². The molecule has 0 aromatic carbocycles. The van der Waals surface area contributed by atoms with Crippen LogP contribution in [0.1, 0.15) is 57.7 Å². The van der Waals surface area contributed by atoms with E-state index in [1.165, 1.54) is 43.9 Å². The summed E-state index contributed by atoms with van der Waals surface area (Å²) in [5.41, 5.74) is 0. The molecule has 0 aliphatic heterocycles. The van der Waals surface area contributed by atoms with Crippen LogP contribution < -0.4 is 5.32 Å². The number of rotatable bonds is 11. The summed E-state index contributed by atoms with van der Waals surface area (Å²) in [6, 6.07) is 0. The number of aryl methyl sites for hydroxylation is 1. The average Bonchev–Trinajstić information content (AvgIpc) is 3.27. The molecule has 1 saturated carbocycles. The quantitative estimate of drug-likeness (QED) is 0.354. The normalized spacial score (nSPS) is 14.6. The topological polar surface area (TPSA) is 97.0 Å². The molecule has 0 saturated heterocycles. The van der Waals surface area contributed by atoms with Crippen molar-refractivity contribution < 1.29 is 14.3 Å². The number of ether oxygens (including phenoxy) is 1. The lowest BCUT2D eigenvalue weighted by molar-refractivity contribution is -0.143. The van der Waals surface area contributed by atoms with Crippen molar-refractivity contribution in [2.24, 2.45) is 5.92 Å². The number of hydrogen-bond donors (Lipinski definition) is 2. The number of hydrogen-bond acceptors (Lipinski definition) is 6. The lowest BCUT2D eigenvalue weighted by Crippen LogP contribution is -2.26. The fourth-order valence-corrected chi connectivity index (χ4v) is 3.62. The third-order valence-electron chi connectivity index (χ3n) is 4.29. The number of esters is 1. The summed E-state index contributed by atoms with van der Waals surface area (Å²) in [7, 11) is 0. The number of amides is 1. The molecule has 1 fully saturated rings. The molecule has 0 atom stereocenters. The van der Waals surface area contributed by atoms with Gasteiger partial charge in [-0.25, -0.2) is 4.98 Å². The molecule has 1 aromatic heterocycles. The first-order chi connectivity index (χ1) is 12.2. The highest BCUT2D eigenvalue weighted by molar-refractivity contribution is 7.99. The molecule has 8 heteroatoms. The monoisotopic (exact) mass is 368 g/mol. The van der Waals surface area contributed by atoms with Gasteiger partial charge >= 0.3 is 5.97 Å². The highest BCUT2D eigenvalue weighted by Crippen LogP contribution is 2.28. The third-order valence-corrected chi connectivity index (χ3v) is 5.14. The standard InChI is InChI=1S/C17H28N4O3S/c1-2-24-16(23)8-5-11-18-15(22)12-25-17-19-14(20-21-17)10-9-13-6-3-4-7-13/h13H,2-12H2,1H3,(H,18,22)(H,19,20,21). The van der Waals surface area contributed by atoms with Gasteiger partial charge in [-0.3, -0.25) is 14.7 Å². The molecule has 0 radical (unpaired) electrons. The minimum atomic E-state index is -0.225. The van der Waals surface area contributed by atoms with Crippen LogP contribution in [-0.2, 0) is 20.7 Å². The summed E-state index contributed by atoms with van der Waals surface area (Å²) < 4.78 is 4.83. The van der Waals surface area contributed by atoms with Crippen LogP contribution in [0.15, 0.2) is 5.16 Å². The van der Waals surface area contributed by atoms with Crippen molar-refractivity contribution in [3.63, 3.8) is 0 Å². The molecule has 0 spiro atoms. The van der Waals surface area contributed by atoms with E-state index in [4.69, 9.17) is 4.74 Å². The van der Waals surface area contributed by atoms with E-state index >= 15 is 0 Å². The minimum Gasteiger partial charge on any atom is -0.466 e. The van der Waals surface area contributed by atoms with Crippen LogP contribution in [0.4, 0.5) is 0 Å². The van der Waals surface area contributed by atoms with Crippen LogP contribution in [0.5, 0.6) is 0 Å². The van der Waals surface area contributed by atoms with Gasteiger partial charge in [-0.2, -0.15) is 0 Å². The van der Waals surface area contributed by atoms with Crippen molar-refractivity contribution >= 4 is 23.6 Å². The van der Waals surface area contributed by atoms with Crippen molar-refractivity contribution in [3.05, 3.63) is 5.82 Å². The summed E-state index contributed by atoms with van der Waals surface area (Å²) in [5.74, 6) is 1.72. The Morgan fingerprint density at radius 3 is 2.92 bits per heavy atom. The second kappa shape index (κ2) is 11.1. The predicted molar refractivity (Wildman–Crippen MR) is 96.3 cm³/mol. The number of aromatic nitrogens is 3. The van der Waals surface area contributed by atoms with Crippen molar-refractivity contribution in [2.75, 3.05) is 18.9 Å². The number of carbonyl (C=O) groups excluding carboxylic acids is 2. The van der Waals surface area contributed by atoms with Gasteiger partial charge in [0.1, 0.15) is 5.82 Å². The maximum absolute atomic E-state index is 11.8. The van der Waals surface area contributed by atoms with E-state index in [1.54, 1.807) is 6.92 Å². The Kier molecular flexibility index (Phi) is 8.79. The molecule has 1 heterocycles. The first-order valence-corrected chi connectivity index (χ1v) is 10.1. The second-order valence-corrected chi connectivity index (χ2v) is 7.24. The predicted octanol–water partition coefficient (Wildman–Crippen LogP) is 2.48. The van der Waals surface area contributed by atoms with Gasteiger partial charge in [-0.05, 0) is 25.7 Å². The number of carbonyl (C=O) groups is 2. The van der Waals surface area contributed by atoms with E-state index in [0.29, 0.717) is 31.1 Å². The molecular formula is C17H28N4O3S. The highest BCUT2D eigenvalue weighted by atomic mass is 32.2. The minimum absolute atomic E-state index is 0.0776. The van der Waals surface area contributed by atoms with E-state index in [1.807, 2.05) is 0 Å². The maximum Gasteiger partial charge on any atom is 0.305 e. The van der Waals surface area contributed by atoms with E-state index in [2.05, 4.69) is 20.5 Å². The number of H-pyrrole nitrogens is 1. The smallest absolute Gasteiger partial charge is 0.305 e. The van der Waals surface area contributed by atoms with E-state index < -0.39 is 0 Å². The number of aromatic amines is 1. The molecule has 7 nitrogen and oxygen atoms in total. The Bertz CT molecular complexity index is 544. The Morgan fingerprint density at radius 1 is 1.36 bits per heavy atom. The second-order valence-electron chi connectivity index (χ2n) is 6.30. The summed E-state index contributed by atoms with van der Waals surface area (Å²) in [5, 5.41) is 10.5. The molecule has 0 bridgehead atoms. The zero-order chi connectivity index (χ0) is 17.9. The summed E-state index contributed by atoms with van der Waals surface area (Å²) >= 11 is 1.32. The summed E-state index contributed by atoms with van der Waals surface area (Å²) in [6.07, 6.45) is 8.40. The third kappa shape index (κ3) is 7.90. The van der Waals surface area contributed by atoms with Crippen molar-refractivity contribution in [1.82, 2.24) is 20.5 Å². The fraction of sp³-hybridized carbons (Fsp3) is 0.765. The molecular weight excluding hydrogens is 340 g/mol. The van der Waals surface area contributed by atoms with Crippen LogP contribution >= 0.6 is 11.8 Å². The van der Waals surface area contributed by atoms with Crippen LogP contribution in [0, 0.1) is 5.92 Å². The van der Waals surface area contributed by atoms with Gasteiger partial charge in [0.05, 0.1) is 12.4 Å². The van der Waals surface area contributed by atoms with Gasteiger partial charge in [0.25, 0.3) is 0 Å². The Labute approximate surface area is 153 Å². The molecule has 1 aromatic rings. The fourth-order valence-electron chi connectivity index (χ4n) is 2.97. The SMILES string of the molecule is CCOC(=O)CCCNC(=O)CSc1n[nH]c(CCC2CCCC2)n1. The van der Waals surface area contributed by atoms with Crippen molar-refractivity contribution in [1.29, 1.82) is 0 Å². The number of thioether (sulfide) groups is 1. The van der Waals surface area contributed by atoms with Gasteiger partial charge in [0.2, 0.25) is 11.1 Å². The summed E-state index contributed by atoms with van der Waals surface area (Å²) in [6.45, 7) is 2.64. The van der Waals surface area contributed by atoms with E-state index in [9.17, 15) is 9.59 Å². The van der Waals surface area contributed by atoms with Crippen LogP contribution in [-0.4, -0.2) is 46.0 Å². The average molecular weight is 369 g/mol. The lowest BCUT2D eigenvalue weighted by Gasteiger charge is -2.05. The molecule has 2 N–H and O–H groups in total. The zero-order valence-corrected chi connectivity index (χ0v) is 15.7. The first kappa shape index (κ1) is 19.8. The van der Waals surface area contributed by atoms with Crippen molar-refractivity contribution in [2.45, 2.75) is 63.4 Å². The Balaban J connectivity index is 1.56. The Morgan fingerprint density at radius 2 is 2.16 bits per heavy atom. The van der Waals surface area contributed by atoms with Crippen LogP contribution in [0.25, 0.3) is 0 Å². The molecule has 140 valence electrons. The maximum atomic E-state index is 11.8. The summed E-state index contributed by atoms with van der Waals surface area (Å²) in [4.78, 5) is 27.4. The van der Waals surface area contributed by atoms with Crippen molar-refractivity contribution in [3.8, 4) is 0 Å². The van der Waals surface area contributed by atoms with Crippen LogP contribution in [0.3, 0.4) is 0 Å². The molecule has 1 aliphatic rings. The van der Waals surface area contributed by atoms with Gasteiger partial charge < -0.3 is 10.1 Å². The molecule has 25 heavy (non-hydrogen) atoms. The van der Waals surface area contributed by atoms with E-state index in [0.717, 1.165) is 18.2 Å². The first-order valence-electron chi connectivity index (χ1n) is 9.13. The lowest BCUT2D eigenvalue weighted by atomic mass is 10.0. The molecule has 0 unspecified atom stereocenters. The molecule has 1 amide bonds. The van der Waals surface area contributed by atoms with Gasteiger partial charge in [-0.1, -0.05) is 37.4 Å². The molecule has 2 rings (SSSR count). The van der Waals surface area contributed by atoms with E-state index in [-0.39, 0.29) is 17.6 Å².